The third-order valence-corrected chi connectivity index (χ3v) is 5.21. The molecule has 0 saturated carbocycles. The van der Waals surface area contributed by atoms with Gasteiger partial charge in [-0.3, -0.25) is 9.69 Å². The molecule has 144 valence electrons. The van der Waals surface area contributed by atoms with Crippen LogP contribution in [-0.2, 0) is 11.3 Å². The van der Waals surface area contributed by atoms with E-state index >= 15 is 0 Å². The normalized spacial score (nSPS) is 20.9. The van der Waals surface area contributed by atoms with Crippen LogP contribution in [0.1, 0.15) is 49.0 Å². The molecular formula is C18H19F3N4O2. The van der Waals surface area contributed by atoms with Crippen LogP contribution >= 0.6 is 0 Å². The van der Waals surface area contributed by atoms with Crippen LogP contribution in [0.5, 0.6) is 0 Å². The summed E-state index contributed by atoms with van der Waals surface area (Å²) in [6.45, 7) is 3.54. The van der Waals surface area contributed by atoms with Crippen molar-refractivity contribution < 1.29 is 22.5 Å². The second kappa shape index (κ2) is 6.95. The lowest BCUT2D eigenvalue weighted by Gasteiger charge is -2.37. The van der Waals surface area contributed by atoms with Crippen LogP contribution in [0.15, 0.2) is 16.7 Å². The average molecular weight is 380 g/mol. The molecule has 0 aliphatic carbocycles. The largest absolute Gasteiger partial charge is 0.337 e. The summed E-state index contributed by atoms with van der Waals surface area (Å²) in [5.41, 5.74) is 0.115. The van der Waals surface area contributed by atoms with Crippen LogP contribution in [0.2, 0.25) is 0 Å². The number of rotatable bonds is 4. The Morgan fingerprint density at radius 1 is 1.22 bits per heavy atom. The minimum Gasteiger partial charge on any atom is -0.337 e. The zero-order valence-electron chi connectivity index (χ0n) is 14.8. The Morgan fingerprint density at radius 2 is 1.96 bits per heavy atom. The first-order valence-electron chi connectivity index (χ1n) is 8.89. The number of benzene rings is 1. The molecule has 6 nitrogen and oxygen atoms in total. The SMILES string of the molecule is CC(=O)N1CCCC1c1nc(C2CN(Cc3cc(F)c(F)cc3F)C2)no1. The lowest BCUT2D eigenvalue weighted by atomic mass is 9.98. The molecule has 2 aromatic rings. The van der Waals surface area contributed by atoms with Gasteiger partial charge in [-0.1, -0.05) is 5.16 Å². The summed E-state index contributed by atoms with van der Waals surface area (Å²) in [6.07, 6.45) is 1.70. The molecule has 2 fully saturated rings. The molecule has 9 heteroatoms. The molecule has 2 saturated heterocycles. The molecule has 1 aromatic carbocycles. The molecule has 4 rings (SSSR count). The molecule has 2 aliphatic heterocycles. The first-order valence-corrected chi connectivity index (χ1v) is 8.89. The number of likely N-dealkylation sites (tertiary alicyclic amines) is 2. The predicted molar refractivity (Wildman–Crippen MR) is 88.0 cm³/mol. The molecule has 1 atom stereocenters. The molecule has 0 bridgehead atoms. The van der Waals surface area contributed by atoms with E-state index in [4.69, 9.17) is 4.52 Å². The summed E-state index contributed by atoms with van der Waals surface area (Å²) < 4.78 is 45.4. The Bertz CT molecular complexity index is 866. The van der Waals surface area contributed by atoms with Crippen LogP contribution < -0.4 is 0 Å². The van der Waals surface area contributed by atoms with Crippen LogP contribution in [0.25, 0.3) is 0 Å². The van der Waals surface area contributed by atoms with Crippen molar-refractivity contribution in [2.45, 2.75) is 38.3 Å². The van der Waals surface area contributed by atoms with Gasteiger partial charge in [-0.15, -0.1) is 0 Å². The Balaban J connectivity index is 1.37. The summed E-state index contributed by atoms with van der Waals surface area (Å²) in [6, 6.07) is 1.28. The number of halogens is 3. The van der Waals surface area contributed by atoms with Gasteiger partial charge in [0.15, 0.2) is 17.5 Å². The minimum absolute atomic E-state index is 0.0133. The van der Waals surface area contributed by atoms with E-state index in [1.54, 1.807) is 4.90 Å². The fraction of sp³-hybridized carbons (Fsp3) is 0.500. The lowest BCUT2D eigenvalue weighted by molar-refractivity contribution is -0.130. The summed E-state index contributed by atoms with van der Waals surface area (Å²) in [5.74, 6) is -1.99. The smallest absolute Gasteiger partial charge is 0.249 e. The van der Waals surface area contributed by atoms with E-state index in [2.05, 4.69) is 10.1 Å². The van der Waals surface area contributed by atoms with Crippen molar-refractivity contribution >= 4 is 5.91 Å². The van der Waals surface area contributed by atoms with Crippen molar-refractivity contribution in [1.82, 2.24) is 19.9 Å². The maximum atomic E-state index is 13.7. The molecule has 1 unspecified atom stereocenters. The van der Waals surface area contributed by atoms with Crippen molar-refractivity contribution in [1.29, 1.82) is 0 Å². The van der Waals surface area contributed by atoms with Gasteiger partial charge in [0.25, 0.3) is 0 Å². The topological polar surface area (TPSA) is 62.5 Å². The van der Waals surface area contributed by atoms with E-state index in [0.717, 1.165) is 18.9 Å². The van der Waals surface area contributed by atoms with Gasteiger partial charge in [-0.25, -0.2) is 13.2 Å². The fourth-order valence-corrected chi connectivity index (χ4v) is 3.74. The van der Waals surface area contributed by atoms with Crippen LogP contribution in [0.3, 0.4) is 0 Å². The van der Waals surface area contributed by atoms with Crippen LogP contribution in [-0.4, -0.2) is 45.5 Å². The molecule has 1 amide bonds. The molecule has 27 heavy (non-hydrogen) atoms. The van der Waals surface area contributed by atoms with Gasteiger partial charge in [0, 0.05) is 50.7 Å². The molecule has 2 aliphatic rings. The van der Waals surface area contributed by atoms with E-state index < -0.39 is 17.5 Å². The second-order valence-corrected chi connectivity index (χ2v) is 7.11. The van der Waals surface area contributed by atoms with E-state index in [1.165, 1.54) is 6.92 Å². The van der Waals surface area contributed by atoms with Gasteiger partial charge in [0.2, 0.25) is 11.8 Å². The van der Waals surface area contributed by atoms with E-state index in [0.29, 0.717) is 37.4 Å². The Labute approximate surface area is 153 Å². The number of carbonyl (C=O) groups is 1. The Hall–Kier alpha value is -2.42. The second-order valence-electron chi connectivity index (χ2n) is 7.11. The van der Waals surface area contributed by atoms with Gasteiger partial charge in [0.05, 0.1) is 0 Å². The number of carbonyl (C=O) groups excluding carboxylic acids is 1. The Kier molecular flexibility index (Phi) is 4.63. The highest BCUT2D eigenvalue weighted by atomic mass is 19.2. The minimum atomic E-state index is -1.19. The summed E-state index contributed by atoms with van der Waals surface area (Å²) in [5, 5.41) is 4.03. The highest BCUT2D eigenvalue weighted by molar-refractivity contribution is 5.74. The van der Waals surface area contributed by atoms with Crippen molar-refractivity contribution in [3.05, 3.63) is 46.9 Å². The van der Waals surface area contributed by atoms with Gasteiger partial charge < -0.3 is 9.42 Å². The van der Waals surface area contributed by atoms with E-state index in [9.17, 15) is 18.0 Å². The number of nitrogens with zero attached hydrogens (tertiary/aromatic N) is 4. The number of hydrogen-bond acceptors (Lipinski definition) is 5. The monoisotopic (exact) mass is 380 g/mol. The highest BCUT2D eigenvalue weighted by Crippen LogP contribution is 2.33. The average Bonchev–Trinajstić information content (AvgIpc) is 3.23. The van der Waals surface area contributed by atoms with Crippen LogP contribution in [0.4, 0.5) is 13.2 Å². The van der Waals surface area contributed by atoms with Gasteiger partial charge in [-0.2, -0.15) is 4.98 Å². The first kappa shape index (κ1) is 18.0. The summed E-state index contributed by atoms with van der Waals surface area (Å²) in [4.78, 5) is 19.8. The van der Waals surface area contributed by atoms with Gasteiger partial charge in [-0.05, 0) is 18.9 Å². The highest BCUT2D eigenvalue weighted by Gasteiger charge is 2.36. The van der Waals surface area contributed by atoms with E-state index in [-0.39, 0.29) is 30.0 Å². The molecule has 3 heterocycles. The standard InChI is InChI=1S/C18H19F3N4O2/c1-10(26)25-4-2-3-16(25)18-22-17(23-27-18)12-8-24(9-12)7-11-5-14(20)15(21)6-13(11)19/h5-6,12,16H,2-4,7-9H2,1H3. The lowest BCUT2D eigenvalue weighted by Crippen LogP contribution is -2.44. The number of hydrogen-bond donors (Lipinski definition) is 0. The van der Waals surface area contributed by atoms with Gasteiger partial charge >= 0.3 is 0 Å². The molecule has 1 aromatic heterocycles. The third-order valence-electron chi connectivity index (χ3n) is 5.21. The quantitative estimate of drug-likeness (QED) is 0.764. The van der Waals surface area contributed by atoms with Crippen molar-refractivity contribution in [2.75, 3.05) is 19.6 Å². The maximum Gasteiger partial charge on any atom is 0.249 e. The van der Waals surface area contributed by atoms with Crippen molar-refractivity contribution in [3.63, 3.8) is 0 Å². The molecule has 0 N–H and O–H groups in total. The fourth-order valence-electron chi connectivity index (χ4n) is 3.74. The Morgan fingerprint density at radius 3 is 2.70 bits per heavy atom. The van der Waals surface area contributed by atoms with Crippen molar-refractivity contribution in [2.24, 2.45) is 0 Å². The zero-order chi connectivity index (χ0) is 19.1. The first-order chi connectivity index (χ1) is 12.9. The van der Waals surface area contributed by atoms with Crippen LogP contribution in [0, 0.1) is 17.5 Å². The molecule has 0 spiro atoms. The zero-order valence-corrected chi connectivity index (χ0v) is 14.8. The maximum absolute atomic E-state index is 13.7. The van der Waals surface area contributed by atoms with E-state index in [1.807, 2.05) is 4.90 Å². The molecular weight excluding hydrogens is 361 g/mol. The summed E-state index contributed by atoms with van der Waals surface area (Å²) in [7, 11) is 0. The van der Waals surface area contributed by atoms with Crippen molar-refractivity contribution in [3.8, 4) is 0 Å². The molecule has 0 radical (unpaired) electrons. The number of aromatic nitrogens is 2. The summed E-state index contributed by atoms with van der Waals surface area (Å²) >= 11 is 0. The van der Waals surface area contributed by atoms with Gasteiger partial charge in [0.1, 0.15) is 11.9 Å². The predicted octanol–water partition coefficient (Wildman–Crippen LogP) is 2.77. The number of amides is 1. The third kappa shape index (κ3) is 3.43.